The van der Waals surface area contributed by atoms with Gasteiger partial charge in [0.2, 0.25) is 0 Å². The van der Waals surface area contributed by atoms with E-state index in [0.717, 1.165) is 11.5 Å². The van der Waals surface area contributed by atoms with Crippen LogP contribution in [0.5, 0.6) is 0 Å². The van der Waals surface area contributed by atoms with Gasteiger partial charge in [-0.05, 0) is 11.5 Å². The molecule has 70 valence electrons. The normalized spacial score (nSPS) is 11.2. The van der Waals surface area contributed by atoms with Crippen molar-refractivity contribution < 1.29 is 10.0 Å². The second-order valence-corrected chi connectivity index (χ2v) is 2.84. The third kappa shape index (κ3) is 2.67. The van der Waals surface area contributed by atoms with E-state index in [2.05, 4.69) is 20.1 Å². The molecule has 0 fully saturated rings. The van der Waals surface area contributed by atoms with Crippen molar-refractivity contribution in [2.75, 3.05) is 6.54 Å². The lowest BCUT2D eigenvalue weighted by molar-refractivity contribution is 0.0963. The van der Waals surface area contributed by atoms with Crippen molar-refractivity contribution in [1.29, 1.82) is 0 Å². The number of nitrogens with one attached hydrogen (secondary N) is 1. The molecule has 13 heavy (non-hydrogen) atoms. The fourth-order valence-corrected chi connectivity index (χ4v) is 0.992. The summed E-state index contributed by atoms with van der Waals surface area (Å²) in [5.41, 5.74) is 5.13. The summed E-state index contributed by atoms with van der Waals surface area (Å²) < 4.78 is 3.51. The molecule has 1 aromatic heterocycles. The third-order valence-corrected chi connectivity index (χ3v) is 1.81. The minimum atomic E-state index is -0.346. The number of amidine groups is 1. The molecule has 0 radical (unpaired) electrons. The Kier molecular flexibility index (Phi) is 3.15. The number of hydrogen-bond donors (Lipinski definition) is 3. The van der Waals surface area contributed by atoms with E-state index in [4.69, 9.17) is 10.9 Å². The van der Waals surface area contributed by atoms with Gasteiger partial charge in [0.05, 0.1) is 12.7 Å². The largest absolute Gasteiger partial charge is 0.409 e. The number of nitrogens with zero attached hydrogens (tertiary/aromatic N) is 3. The lowest BCUT2D eigenvalue weighted by atomic mass is 10.5. The van der Waals surface area contributed by atoms with Crippen LogP contribution in [-0.4, -0.2) is 33.1 Å². The van der Waals surface area contributed by atoms with Gasteiger partial charge in [0.25, 0.3) is 5.91 Å². The number of carbonyl (C=O) groups is 1. The molecule has 0 atom stereocenters. The van der Waals surface area contributed by atoms with Crippen LogP contribution in [-0.2, 0) is 0 Å². The summed E-state index contributed by atoms with van der Waals surface area (Å²) in [4.78, 5) is 11.5. The van der Waals surface area contributed by atoms with Crippen molar-refractivity contribution in [3.63, 3.8) is 0 Å². The van der Waals surface area contributed by atoms with Crippen LogP contribution in [0.15, 0.2) is 11.4 Å². The summed E-state index contributed by atoms with van der Waals surface area (Å²) in [6.07, 6.45) is 1.34. The van der Waals surface area contributed by atoms with Crippen LogP contribution in [0, 0.1) is 0 Å². The van der Waals surface area contributed by atoms with Crippen molar-refractivity contribution in [3.8, 4) is 0 Å². The monoisotopic (exact) mass is 201 g/mol. The maximum Gasteiger partial charge on any atom is 0.265 e. The van der Waals surface area contributed by atoms with E-state index < -0.39 is 0 Å². The van der Waals surface area contributed by atoms with Gasteiger partial charge in [-0.1, -0.05) is 9.64 Å². The minimum absolute atomic E-state index is 0.00671. The van der Waals surface area contributed by atoms with Gasteiger partial charge in [-0.2, -0.15) is 0 Å². The van der Waals surface area contributed by atoms with Crippen LogP contribution in [0.3, 0.4) is 0 Å². The van der Waals surface area contributed by atoms with Gasteiger partial charge in [-0.3, -0.25) is 4.79 Å². The van der Waals surface area contributed by atoms with Gasteiger partial charge >= 0.3 is 0 Å². The Morgan fingerprint density at radius 1 is 1.85 bits per heavy atom. The predicted octanol–water partition coefficient (Wildman–Crippen LogP) is -0.986. The molecule has 0 saturated heterocycles. The van der Waals surface area contributed by atoms with Crippen LogP contribution in [0.25, 0.3) is 0 Å². The first-order valence-electron chi connectivity index (χ1n) is 3.26. The number of amides is 1. The van der Waals surface area contributed by atoms with Gasteiger partial charge in [0, 0.05) is 0 Å². The first-order valence-corrected chi connectivity index (χ1v) is 4.03. The Hall–Kier alpha value is -1.70. The van der Waals surface area contributed by atoms with Gasteiger partial charge in [-0.25, -0.2) is 0 Å². The van der Waals surface area contributed by atoms with Crippen molar-refractivity contribution in [3.05, 3.63) is 11.1 Å². The molecule has 0 aliphatic carbocycles. The standard InChI is InChI=1S/C5H7N5O2S/c6-4(9-12)2-7-5(11)3-1-8-10-13-3/h1,12H,2H2,(H2,6,9)(H,7,11). The molecule has 0 aliphatic rings. The Morgan fingerprint density at radius 3 is 3.15 bits per heavy atom. The Labute approximate surface area is 77.4 Å². The van der Waals surface area contributed by atoms with Crippen molar-refractivity contribution in [2.24, 2.45) is 10.9 Å². The molecule has 4 N–H and O–H groups in total. The molecular weight excluding hydrogens is 194 g/mol. The van der Waals surface area contributed by atoms with Crippen LogP contribution in [0.4, 0.5) is 0 Å². The second-order valence-electron chi connectivity index (χ2n) is 2.06. The maximum atomic E-state index is 11.2. The van der Waals surface area contributed by atoms with Crippen LogP contribution in [0.2, 0.25) is 0 Å². The highest BCUT2D eigenvalue weighted by atomic mass is 32.1. The molecule has 0 saturated carbocycles. The molecule has 0 unspecified atom stereocenters. The maximum absolute atomic E-state index is 11.2. The average molecular weight is 201 g/mol. The lowest BCUT2D eigenvalue weighted by Gasteiger charge is -1.99. The van der Waals surface area contributed by atoms with Gasteiger partial charge < -0.3 is 16.3 Å². The minimum Gasteiger partial charge on any atom is -0.409 e. The van der Waals surface area contributed by atoms with E-state index in [-0.39, 0.29) is 18.3 Å². The molecule has 7 nitrogen and oxygen atoms in total. The SMILES string of the molecule is N/C(CNC(=O)c1cnns1)=N\O. The van der Waals surface area contributed by atoms with Crippen LogP contribution >= 0.6 is 11.5 Å². The molecule has 0 bridgehead atoms. The molecule has 1 heterocycles. The van der Waals surface area contributed by atoms with E-state index in [1.807, 2.05) is 0 Å². The zero-order valence-corrected chi connectivity index (χ0v) is 7.28. The number of hydrogen-bond acceptors (Lipinski definition) is 6. The van der Waals surface area contributed by atoms with E-state index in [9.17, 15) is 4.79 Å². The van der Waals surface area contributed by atoms with Crippen molar-refractivity contribution in [1.82, 2.24) is 14.9 Å². The third-order valence-electron chi connectivity index (χ3n) is 1.14. The summed E-state index contributed by atoms with van der Waals surface area (Å²) >= 11 is 0.974. The van der Waals surface area contributed by atoms with E-state index in [1.54, 1.807) is 0 Å². The number of oxime groups is 1. The summed E-state index contributed by atoms with van der Waals surface area (Å²) in [7, 11) is 0. The highest BCUT2D eigenvalue weighted by Crippen LogP contribution is 2.00. The number of rotatable bonds is 3. The zero-order chi connectivity index (χ0) is 9.68. The first kappa shape index (κ1) is 9.39. The Balaban J connectivity index is 2.44. The predicted molar refractivity (Wildman–Crippen MR) is 45.7 cm³/mol. The average Bonchev–Trinajstić information content (AvgIpc) is 2.66. The quantitative estimate of drug-likeness (QED) is 0.251. The van der Waals surface area contributed by atoms with E-state index in [1.165, 1.54) is 6.20 Å². The summed E-state index contributed by atoms with van der Waals surface area (Å²) in [5.74, 6) is -0.410. The van der Waals surface area contributed by atoms with Crippen LogP contribution in [0.1, 0.15) is 9.67 Å². The smallest absolute Gasteiger partial charge is 0.265 e. The van der Waals surface area contributed by atoms with Gasteiger partial charge in [-0.15, -0.1) is 5.10 Å². The topological polar surface area (TPSA) is 113 Å². The fraction of sp³-hybridized carbons (Fsp3) is 0.200. The molecule has 0 spiro atoms. The molecule has 0 aromatic carbocycles. The molecule has 1 rings (SSSR count). The Morgan fingerprint density at radius 2 is 2.62 bits per heavy atom. The number of nitrogens with two attached hydrogens (primary N) is 1. The molecule has 0 aliphatic heterocycles. The molecule has 8 heteroatoms. The van der Waals surface area contributed by atoms with Crippen molar-refractivity contribution >= 4 is 23.3 Å². The van der Waals surface area contributed by atoms with Crippen molar-refractivity contribution in [2.45, 2.75) is 0 Å². The Bertz CT molecular complexity index is 309. The summed E-state index contributed by atoms with van der Waals surface area (Å²) in [5, 5.41) is 16.8. The van der Waals surface area contributed by atoms with Crippen LogP contribution < -0.4 is 11.1 Å². The lowest BCUT2D eigenvalue weighted by Crippen LogP contribution is -2.33. The summed E-state index contributed by atoms with van der Waals surface area (Å²) in [6, 6.07) is 0. The summed E-state index contributed by atoms with van der Waals surface area (Å²) in [6.45, 7) is -0.00671. The first-order chi connectivity index (χ1) is 6.24. The number of aromatic nitrogens is 2. The zero-order valence-electron chi connectivity index (χ0n) is 6.47. The van der Waals surface area contributed by atoms with Gasteiger partial charge in [0.15, 0.2) is 5.84 Å². The van der Waals surface area contributed by atoms with E-state index >= 15 is 0 Å². The van der Waals surface area contributed by atoms with E-state index in [0.29, 0.717) is 4.88 Å². The van der Waals surface area contributed by atoms with Gasteiger partial charge in [0.1, 0.15) is 4.88 Å². The fourth-order valence-electron chi connectivity index (χ4n) is 0.561. The molecule has 1 aromatic rings. The highest BCUT2D eigenvalue weighted by molar-refractivity contribution is 7.07. The molecular formula is C5H7N5O2S. The highest BCUT2D eigenvalue weighted by Gasteiger charge is 2.07. The number of carbonyl (C=O) groups excluding carboxylic acids is 1. The second kappa shape index (κ2) is 4.36. The molecule has 1 amide bonds.